The minimum atomic E-state index is -0.918. The Balaban J connectivity index is 1.67. The van der Waals surface area contributed by atoms with Gasteiger partial charge in [0.05, 0.1) is 6.26 Å². The predicted octanol–water partition coefficient (Wildman–Crippen LogP) is 3.93. The fraction of sp³-hybridized carbons (Fsp3) is 0.158. The van der Waals surface area contributed by atoms with Crippen LogP contribution in [0.2, 0.25) is 0 Å². The van der Waals surface area contributed by atoms with Crippen molar-refractivity contribution in [3.8, 4) is 0 Å². The van der Waals surface area contributed by atoms with Gasteiger partial charge in [0.25, 0.3) is 5.91 Å². The van der Waals surface area contributed by atoms with Crippen LogP contribution in [0.15, 0.2) is 59.2 Å². The van der Waals surface area contributed by atoms with E-state index in [-0.39, 0.29) is 5.91 Å². The van der Waals surface area contributed by atoms with Gasteiger partial charge < -0.3 is 14.5 Å². The molecule has 1 N–H and O–H groups in total. The van der Waals surface area contributed by atoms with Crippen LogP contribution in [0.4, 0.5) is 5.69 Å². The maximum Gasteiger partial charge on any atom is 0.342 e. The average molecular weight is 323 g/mol. The van der Waals surface area contributed by atoms with Gasteiger partial charge in [0, 0.05) is 5.69 Å². The summed E-state index contributed by atoms with van der Waals surface area (Å²) < 4.78 is 10.2. The van der Waals surface area contributed by atoms with Crippen LogP contribution in [0, 0.1) is 6.92 Å². The first-order chi connectivity index (χ1) is 11.5. The molecule has 1 amide bonds. The van der Waals surface area contributed by atoms with E-state index in [1.807, 2.05) is 42.5 Å². The molecular weight excluding hydrogens is 306 g/mol. The summed E-state index contributed by atoms with van der Waals surface area (Å²) >= 11 is 0. The van der Waals surface area contributed by atoms with E-state index < -0.39 is 12.1 Å². The Bertz CT molecular complexity index is 897. The topological polar surface area (TPSA) is 68.5 Å². The smallest absolute Gasteiger partial charge is 0.342 e. The van der Waals surface area contributed by atoms with Gasteiger partial charge in [-0.3, -0.25) is 4.79 Å². The molecule has 0 bridgehead atoms. The number of esters is 1. The second-order valence-electron chi connectivity index (χ2n) is 5.49. The molecule has 0 radical (unpaired) electrons. The molecule has 0 saturated carbocycles. The molecular formula is C19H17NO4. The zero-order valence-corrected chi connectivity index (χ0v) is 13.4. The number of rotatable bonds is 4. The highest BCUT2D eigenvalue weighted by Gasteiger charge is 2.21. The third kappa shape index (κ3) is 3.30. The van der Waals surface area contributed by atoms with Gasteiger partial charge >= 0.3 is 5.97 Å². The number of anilines is 1. The van der Waals surface area contributed by atoms with Crippen molar-refractivity contribution < 1.29 is 18.7 Å². The Kier molecular flexibility index (Phi) is 4.33. The van der Waals surface area contributed by atoms with Crippen LogP contribution < -0.4 is 5.32 Å². The zero-order valence-electron chi connectivity index (χ0n) is 13.4. The molecule has 0 unspecified atom stereocenters. The molecule has 2 aromatic carbocycles. The monoisotopic (exact) mass is 323 g/mol. The third-order valence-electron chi connectivity index (χ3n) is 3.75. The van der Waals surface area contributed by atoms with Crippen molar-refractivity contribution in [3.05, 3.63) is 66.1 Å². The molecule has 0 spiro atoms. The molecule has 0 aliphatic heterocycles. The molecule has 0 fully saturated rings. The van der Waals surface area contributed by atoms with E-state index >= 15 is 0 Å². The number of furan rings is 1. The molecule has 3 aromatic rings. The van der Waals surface area contributed by atoms with Crippen molar-refractivity contribution in [3.63, 3.8) is 0 Å². The van der Waals surface area contributed by atoms with Crippen LogP contribution in [-0.2, 0) is 9.53 Å². The number of aryl methyl sites for hydroxylation is 1. The quantitative estimate of drug-likeness (QED) is 0.739. The second kappa shape index (κ2) is 6.58. The summed E-state index contributed by atoms with van der Waals surface area (Å²) in [4.78, 5) is 24.2. The third-order valence-corrected chi connectivity index (χ3v) is 3.75. The number of carbonyl (C=O) groups excluding carboxylic acids is 2. The molecule has 24 heavy (non-hydrogen) atoms. The lowest BCUT2D eigenvalue weighted by molar-refractivity contribution is -0.123. The summed E-state index contributed by atoms with van der Waals surface area (Å²) in [5, 5.41) is 4.87. The van der Waals surface area contributed by atoms with Crippen molar-refractivity contribution in [2.45, 2.75) is 20.0 Å². The van der Waals surface area contributed by atoms with Crippen LogP contribution in [0.5, 0.6) is 0 Å². The van der Waals surface area contributed by atoms with Gasteiger partial charge in [-0.2, -0.15) is 0 Å². The van der Waals surface area contributed by atoms with Crippen LogP contribution in [0.1, 0.15) is 23.0 Å². The Morgan fingerprint density at radius 3 is 2.54 bits per heavy atom. The SMILES string of the molecule is Cc1occc1C(=O)O[C@H](C)C(=O)Nc1ccc2ccccc2c1. The summed E-state index contributed by atoms with van der Waals surface area (Å²) in [6, 6.07) is 15.0. The van der Waals surface area contributed by atoms with Gasteiger partial charge in [0.2, 0.25) is 0 Å². The molecule has 1 aromatic heterocycles. The van der Waals surface area contributed by atoms with Gasteiger partial charge in [0.15, 0.2) is 6.10 Å². The first-order valence-corrected chi connectivity index (χ1v) is 7.59. The molecule has 0 aliphatic rings. The number of hydrogen-bond donors (Lipinski definition) is 1. The molecule has 0 saturated heterocycles. The highest BCUT2D eigenvalue weighted by molar-refractivity contribution is 5.99. The van der Waals surface area contributed by atoms with Gasteiger partial charge in [-0.15, -0.1) is 0 Å². The summed E-state index contributed by atoms with van der Waals surface area (Å²) in [7, 11) is 0. The number of benzene rings is 2. The van der Waals surface area contributed by atoms with E-state index in [1.54, 1.807) is 6.92 Å². The molecule has 5 nitrogen and oxygen atoms in total. The number of nitrogens with one attached hydrogen (secondary N) is 1. The number of fused-ring (bicyclic) bond motifs is 1. The highest BCUT2D eigenvalue weighted by Crippen LogP contribution is 2.19. The van der Waals surface area contributed by atoms with Crippen LogP contribution in [0.25, 0.3) is 10.8 Å². The number of amides is 1. The van der Waals surface area contributed by atoms with Gasteiger partial charge in [-0.1, -0.05) is 30.3 Å². The van der Waals surface area contributed by atoms with Gasteiger partial charge in [-0.25, -0.2) is 4.79 Å². The molecule has 0 aliphatic carbocycles. The highest BCUT2D eigenvalue weighted by atomic mass is 16.5. The number of hydrogen-bond acceptors (Lipinski definition) is 4. The average Bonchev–Trinajstić information content (AvgIpc) is 3.00. The van der Waals surface area contributed by atoms with E-state index in [9.17, 15) is 9.59 Å². The minimum Gasteiger partial charge on any atom is -0.469 e. The van der Waals surface area contributed by atoms with E-state index in [4.69, 9.17) is 9.15 Å². The Morgan fingerprint density at radius 2 is 1.83 bits per heavy atom. The van der Waals surface area contributed by atoms with Crippen molar-refractivity contribution in [2.75, 3.05) is 5.32 Å². The van der Waals surface area contributed by atoms with Crippen molar-refractivity contribution in [2.24, 2.45) is 0 Å². The summed E-state index contributed by atoms with van der Waals surface area (Å²) in [6.45, 7) is 3.19. The summed E-state index contributed by atoms with van der Waals surface area (Å²) in [5.74, 6) is -0.510. The lowest BCUT2D eigenvalue weighted by atomic mass is 10.1. The zero-order chi connectivity index (χ0) is 17.1. The largest absolute Gasteiger partial charge is 0.469 e. The fourth-order valence-corrected chi connectivity index (χ4v) is 2.39. The van der Waals surface area contributed by atoms with Gasteiger partial charge in [-0.05, 0) is 42.8 Å². The predicted molar refractivity (Wildman–Crippen MR) is 90.9 cm³/mol. The van der Waals surface area contributed by atoms with Gasteiger partial charge in [0.1, 0.15) is 11.3 Å². The van der Waals surface area contributed by atoms with Crippen molar-refractivity contribution in [1.29, 1.82) is 0 Å². The maximum absolute atomic E-state index is 12.2. The van der Waals surface area contributed by atoms with Crippen molar-refractivity contribution >= 4 is 28.3 Å². The Morgan fingerprint density at radius 1 is 1.08 bits per heavy atom. The normalized spacial score (nSPS) is 11.9. The Hall–Kier alpha value is -3.08. The summed E-state index contributed by atoms with van der Waals surface area (Å²) in [6.07, 6.45) is 0.490. The fourth-order valence-electron chi connectivity index (χ4n) is 2.39. The molecule has 1 heterocycles. The molecule has 5 heteroatoms. The lowest BCUT2D eigenvalue weighted by Crippen LogP contribution is -2.30. The summed E-state index contributed by atoms with van der Waals surface area (Å²) in [5.41, 5.74) is 0.974. The van der Waals surface area contributed by atoms with E-state index in [0.29, 0.717) is 17.0 Å². The van der Waals surface area contributed by atoms with E-state index in [1.165, 1.54) is 19.3 Å². The second-order valence-corrected chi connectivity index (χ2v) is 5.49. The van der Waals surface area contributed by atoms with Crippen LogP contribution in [0.3, 0.4) is 0 Å². The van der Waals surface area contributed by atoms with E-state index in [2.05, 4.69) is 5.32 Å². The van der Waals surface area contributed by atoms with Crippen molar-refractivity contribution in [1.82, 2.24) is 0 Å². The first-order valence-electron chi connectivity index (χ1n) is 7.59. The maximum atomic E-state index is 12.2. The van der Waals surface area contributed by atoms with Crippen LogP contribution >= 0.6 is 0 Å². The lowest BCUT2D eigenvalue weighted by Gasteiger charge is -2.13. The molecule has 122 valence electrons. The van der Waals surface area contributed by atoms with E-state index in [0.717, 1.165) is 10.8 Å². The first kappa shape index (κ1) is 15.8. The van der Waals surface area contributed by atoms with Crippen LogP contribution in [-0.4, -0.2) is 18.0 Å². The number of ether oxygens (including phenoxy) is 1. The molecule has 1 atom stereocenters. The molecule has 3 rings (SSSR count). The Labute approximate surface area is 139 Å². The standard InChI is InChI=1S/C19H17NO4/c1-12-17(9-10-23-12)19(22)24-13(2)18(21)20-16-8-7-14-5-3-4-6-15(14)11-16/h3-11,13H,1-2H3,(H,20,21)/t13-/m1/s1. The number of carbonyl (C=O) groups is 2. The minimum absolute atomic E-state index is 0.320.